The number of rotatable bonds is 5. The smallest absolute Gasteiger partial charge is 0.253 e. The normalized spacial score (nSPS) is 11.1. The number of hydrogen-bond acceptors (Lipinski definition) is 4. The van der Waals surface area contributed by atoms with Crippen LogP contribution in [0.1, 0.15) is 15.2 Å². The third kappa shape index (κ3) is 4.54. The first-order valence-corrected chi connectivity index (χ1v) is 8.70. The van der Waals surface area contributed by atoms with Crippen LogP contribution in [0.5, 0.6) is 0 Å². The van der Waals surface area contributed by atoms with Crippen LogP contribution in [0.4, 0.5) is 10.1 Å². The average molecular weight is 328 g/mol. The van der Waals surface area contributed by atoms with Crippen molar-refractivity contribution in [3.8, 4) is 0 Å². The van der Waals surface area contributed by atoms with Gasteiger partial charge in [0.1, 0.15) is 5.82 Å². The zero-order valence-electron chi connectivity index (χ0n) is 11.1. The number of carbonyl (C=O) groups excluding carboxylic acids is 1. The lowest BCUT2D eigenvalue weighted by atomic mass is 10.1. The highest BCUT2D eigenvalue weighted by Crippen LogP contribution is 2.18. The third-order valence-electron chi connectivity index (χ3n) is 2.52. The van der Waals surface area contributed by atoms with E-state index in [-0.39, 0.29) is 11.3 Å². The van der Waals surface area contributed by atoms with Crippen molar-refractivity contribution >= 4 is 33.0 Å². The molecule has 0 aliphatic rings. The van der Waals surface area contributed by atoms with E-state index in [1.54, 1.807) is 0 Å². The zero-order valence-corrected chi connectivity index (χ0v) is 12.7. The highest BCUT2D eigenvalue weighted by atomic mass is 32.2. The van der Waals surface area contributed by atoms with Crippen molar-refractivity contribution < 1.29 is 17.6 Å². The maximum Gasteiger partial charge on any atom is 0.253 e. The van der Waals surface area contributed by atoms with E-state index in [1.807, 2.05) is 17.5 Å². The van der Waals surface area contributed by atoms with Gasteiger partial charge in [-0.05, 0) is 29.6 Å². The lowest BCUT2D eigenvalue weighted by Gasteiger charge is -2.11. The fourth-order valence-electron chi connectivity index (χ4n) is 1.67. The first-order chi connectivity index (χ1) is 9.85. The van der Waals surface area contributed by atoms with Crippen LogP contribution in [0.15, 0.2) is 35.7 Å². The SMILES string of the molecule is CS(=O)(=O)Nc1ccc(F)cc1C(=O)NCc1cccs1. The van der Waals surface area contributed by atoms with Crippen molar-refractivity contribution in [2.75, 3.05) is 11.0 Å². The molecular weight excluding hydrogens is 315 g/mol. The van der Waals surface area contributed by atoms with Gasteiger partial charge >= 0.3 is 0 Å². The van der Waals surface area contributed by atoms with Gasteiger partial charge in [-0.3, -0.25) is 9.52 Å². The van der Waals surface area contributed by atoms with Gasteiger partial charge in [-0.15, -0.1) is 11.3 Å². The van der Waals surface area contributed by atoms with E-state index in [1.165, 1.54) is 17.4 Å². The van der Waals surface area contributed by atoms with Gasteiger partial charge in [0, 0.05) is 4.88 Å². The van der Waals surface area contributed by atoms with Crippen LogP contribution >= 0.6 is 11.3 Å². The van der Waals surface area contributed by atoms with Gasteiger partial charge in [0.15, 0.2) is 0 Å². The Labute approximate surface area is 125 Å². The van der Waals surface area contributed by atoms with Crippen molar-refractivity contribution in [1.82, 2.24) is 5.32 Å². The highest BCUT2D eigenvalue weighted by molar-refractivity contribution is 7.92. The zero-order chi connectivity index (χ0) is 15.5. The second-order valence-corrected chi connectivity index (χ2v) is 7.11. The Morgan fingerprint density at radius 1 is 1.33 bits per heavy atom. The molecule has 0 atom stereocenters. The minimum Gasteiger partial charge on any atom is -0.347 e. The maximum absolute atomic E-state index is 13.3. The number of nitrogens with one attached hydrogen (secondary N) is 2. The van der Waals surface area contributed by atoms with Crippen LogP contribution in [0.25, 0.3) is 0 Å². The number of sulfonamides is 1. The largest absolute Gasteiger partial charge is 0.347 e. The summed E-state index contributed by atoms with van der Waals surface area (Å²) in [5.74, 6) is -1.16. The molecule has 0 fully saturated rings. The Hall–Kier alpha value is -1.93. The number of anilines is 1. The third-order valence-corrected chi connectivity index (χ3v) is 3.99. The van der Waals surface area contributed by atoms with Gasteiger partial charge in [0.2, 0.25) is 10.0 Å². The van der Waals surface area contributed by atoms with Gasteiger partial charge in [0.25, 0.3) is 5.91 Å². The number of thiophene rings is 1. The molecule has 0 aliphatic heterocycles. The molecule has 5 nitrogen and oxygen atoms in total. The summed E-state index contributed by atoms with van der Waals surface area (Å²) >= 11 is 1.48. The molecule has 2 aromatic rings. The molecule has 0 saturated heterocycles. The summed E-state index contributed by atoms with van der Waals surface area (Å²) in [6, 6.07) is 7.01. The van der Waals surface area contributed by atoms with Crippen LogP contribution in [0.3, 0.4) is 0 Å². The van der Waals surface area contributed by atoms with Crippen LogP contribution in [0, 0.1) is 5.82 Å². The monoisotopic (exact) mass is 328 g/mol. The summed E-state index contributed by atoms with van der Waals surface area (Å²) in [6.45, 7) is 0.297. The molecule has 1 aromatic heterocycles. The topological polar surface area (TPSA) is 75.3 Å². The molecule has 21 heavy (non-hydrogen) atoms. The highest BCUT2D eigenvalue weighted by Gasteiger charge is 2.15. The predicted molar refractivity (Wildman–Crippen MR) is 80.4 cm³/mol. The van der Waals surface area contributed by atoms with E-state index in [0.717, 1.165) is 23.3 Å². The number of hydrogen-bond donors (Lipinski definition) is 2. The standard InChI is InChI=1S/C13H13FN2O3S2/c1-21(18,19)16-12-5-4-9(14)7-11(12)13(17)15-8-10-3-2-6-20-10/h2-7,16H,8H2,1H3,(H,15,17). The van der Waals surface area contributed by atoms with Gasteiger partial charge in [-0.25, -0.2) is 12.8 Å². The predicted octanol–water partition coefficient (Wildman–Crippen LogP) is 2.19. The quantitative estimate of drug-likeness (QED) is 0.883. The molecule has 1 amide bonds. The van der Waals surface area contributed by atoms with E-state index in [9.17, 15) is 17.6 Å². The molecule has 0 radical (unpaired) electrons. The molecule has 1 aromatic carbocycles. The second kappa shape index (κ2) is 6.23. The van der Waals surface area contributed by atoms with E-state index >= 15 is 0 Å². The minimum absolute atomic E-state index is 0.0441. The van der Waals surface area contributed by atoms with Crippen LogP contribution in [-0.2, 0) is 16.6 Å². The molecule has 0 aliphatic carbocycles. The lowest BCUT2D eigenvalue weighted by molar-refractivity contribution is 0.0951. The summed E-state index contributed by atoms with van der Waals surface area (Å²) in [5.41, 5.74) is -0.0143. The number of amides is 1. The van der Waals surface area contributed by atoms with Crippen LogP contribution in [0.2, 0.25) is 0 Å². The summed E-state index contributed by atoms with van der Waals surface area (Å²) in [6.07, 6.45) is 0.962. The van der Waals surface area contributed by atoms with Gasteiger partial charge < -0.3 is 5.32 Å². The minimum atomic E-state index is -3.55. The summed E-state index contributed by atoms with van der Waals surface area (Å²) in [5, 5.41) is 4.50. The fraction of sp³-hybridized carbons (Fsp3) is 0.154. The molecule has 2 rings (SSSR count). The van der Waals surface area contributed by atoms with E-state index in [0.29, 0.717) is 6.54 Å². The summed E-state index contributed by atoms with van der Waals surface area (Å²) < 4.78 is 38.0. The lowest BCUT2D eigenvalue weighted by Crippen LogP contribution is -2.24. The Morgan fingerprint density at radius 3 is 2.71 bits per heavy atom. The number of benzene rings is 1. The molecule has 1 heterocycles. The molecule has 0 saturated carbocycles. The molecule has 0 unspecified atom stereocenters. The molecule has 8 heteroatoms. The summed E-state index contributed by atoms with van der Waals surface area (Å²) in [7, 11) is -3.55. The molecule has 0 spiro atoms. The van der Waals surface area contributed by atoms with Crippen LogP contribution in [-0.4, -0.2) is 20.6 Å². The molecule has 2 N–H and O–H groups in total. The van der Waals surface area contributed by atoms with Gasteiger partial charge in [-0.1, -0.05) is 6.07 Å². The van der Waals surface area contributed by atoms with Crippen molar-refractivity contribution in [3.05, 3.63) is 52.0 Å². The first-order valence-electron chi connectivity index (χ1n) is 5.93. The molecule has 0 bridgehead atoms. The van der Waals surface area contributed by atoms with Crippen molar-refractivity contribution in [2.24, 2.45) is 0 Å². The summed E-state index contributed by atoms with van der Waals surface area (Å²) in [4.78, 5) is 13.0. The molecule has 112 valence electrons. The Morgan fingerprint density at radius 2 is 2.10 bits per heavy atom. The number of carbonyl (C=O) groups is 1. The van der Waals surface area contributed by atoms with E-state index in [2.05, 4.69) is 10.0 Å². The first kappa shape index (κ1) is 15.5. The Kier molecular flexibility index (Phi) is 4.59. The van der Waals surface area contributed by atoms with Crippen molar-refractivity contribution in [2.45, 2.75) is 6.54 Å². The van der Waals surface area contributed by atoms with Crippen molar-refractivity contribution in [1.29, 1.82) is 0 Å². The van der Waals surface area contributed by atoms with E-state index in [4.69, 9.17) is 0 Å². The molecular formula is C13H13FN2O3S2. The van der Waals surface area contributed by atoms with Gasteiger partial charge in [0.05, 0.1) is 24.1 Å². The van der Waals surface area contributed by atoms with E-state index < -0.39 is 21.7 Å². The maximum atomic E-state index is 13.3. The fourth-order valence-corrected chi connectivity index (χ4v) is 2.89. The Bertz CT molecular complexity index is 743. The van der Waals surface area contributed by atoms with Gasteiger partial charge in [-0.2, -0.15) is 0 Å². The van der Waals surface area contributed by atoms with Crippen LogP contribution < -0.4 is 10.0 Å². The number of halogens is 1. The second-order valence-electron chi connectivity index (χ2n) is 4.33. The Balaban J connectivity index is 2.20. The average Bonchev–Trinajstić information content (AvgIpc) is 2.89. The van der Waals surface area contributed by atoms with Crippen molar-refractivity contribution in [3.63, 3.8) is 0 Å².